The van der Waals surface area contributed by atoms with Gasteiger partial charge >= 0.3 is 11.9 Å². The van der Waals surface area contributed by atoms with E-state index in [1.165, 1.54) is 205 Å². The first-order valence-electron chi connectivity index (χ1n) is 29.2. The van der Waals surface area contributed by atoms with E-state index in [1.54, 1.807) is 0 Å². The molecule has 5 heteroatoms. The molecule has 0 amide bonds. The predicted octanol–water partition coefficient (Wildman–Crippen LogP) is 19.9. The van der Waals surface area contributed by atoms with Crippen LogP contribution in [0.25, 0.3) is 0 Å². The highest BCUT2D eigenvalue weighted by molar-refractivity contribution is 5.70. The van der Waals surface area contributed by atoms with Crippen molar-refractivity contribution < 1.29 is 23.8 Å². The molecule has 66 heavy (non-hydrogen) atoms. The number of ether oxygens (including phenoxy) is 3. The molecule has 0 fully saturated rings. The van der Waals surface area contributed by atoms with Gasteiger partial charge in [-0.1, -0.05) is 262 Å². The van der Waals surface area contributed by atoms with Gasteiger partial charge in [-0.25, -0.2) is 0 Å². The maximum atomic E-state index is 12.9. The Morgan fingerprint density at radius 1 is 0.348 bits per heavy atom. The largest absolute Gasteiger partial charge is 0.462 e. The van der Waals surface area contributed by atoms with Crippen LogP contribution in [-0.2, 0) is 23.8 Å². The normalized spacial score (nSPS) is 12.5. The SMILES string of the molecule is CC/C=C\C/C=C\C/C=C\CCCCCCCCCC(=O)OCC(COCCCCCCCCCCCCCCCCCC)OC(=O)CCCCCCCCC/C=C\CCCCCCCC. The lowest BCUT2D eigenvalue weighted by Gasteiger charge is -2.18. The van der Waals surface area contributed by atoms with Crippen LogP contribution in [0.15, 0.2) is 48.6 Å². The zero-order valence-electron chi connectivity index (χ0n) is 44.5. The van der Waals surface area contributed by atoms with Gasteiger partial charge < -0.3 is 14.2 Å². The van der Waals surface area contributed by atoms with Crippen molar-refractivity contribution >= 4 is 11.9 Å². The van der Waals surface area contributed by atoms with E-state index in [4.69, 9.17) is 14.2 Å². The molecule has 0 saturated heterocycles. The molecule has 5 nitrogen and oxygen atoms in total. The Labute approximate surface area is 412 Å². The summed E-state index contributed by atoms with van der Waals surface area (Å²) in [6, 6.07) is 0. The van der Waals surface area contributed by atoms with Gasteiger partial charge in [-0.05, 0) is 77.0 Å². The van der Waals surface area contributed by atoms with Crippen molar-refractivity contribution in [3.05, 3.63) is 48.6 Å². The van der Waals surface area contributed by atoms with Gasteiger partial charge in [0.15, 0.2) is 6.10 Å². The fourth-order valence-electron chi connectivity index (χ4n) is 8.52. The molecule has 0 aromatic carbocycles. The maximum Gasteiger partial charge on any atom is 0.306 e. The van der Waals surface area contributed by atoms with Gasteiger partial charge in [0.2, 0.25) is 0 Å². The fraction of sp³-hybridized carbons (Fsp3) is 0.836. The molecule has 386 valence electrons. The standard InChI is InChI=1S/C61H112O5/c1-4-7-10-13-16-19-22-25-28-31-33-36-39-42-45-48-51-54-60(62)65-58-59(57-64-56-53-50-47-44-41-38-35-30-27-24-21-18-15-12-9-6-3)66-61(63)55-52-49-46-43-40-37-34-32-29-26-23-20-17-14-11-8-5-2/h7,10,16,19,25-26,28-29,59H,4-6,8-9,11-15,17-18,20-24,27,30-58H2,1-3H3/b10-7-,19-16-,28-25-,29-26-. The Morgan fingerprint density at radius 2 is 0.682 bits per heavy atom. The summed E-state index contributed by atoms with van der Waals surface area (Å²) in [4.78, 5) is 25.5. The van der Waals surface area contributed by atoms with Gasteiger partial charge in [-0.15, -0.1) is 0 Å². The highest BCUT2D eigenvalue weighted by Crippen LogP contribution is 2.16. The Balaban J connectivity index is 4.26. The van der Waals surface area contributed by atoms with Crippen LogP contribution in [0.4, 0.5) is 0 Å². The van der Waals surface area contributed by atoms with E-state index in [0.717, 1.165) is 64.2 Å². The molecule has 0 aromatic rings. The number of allylic oxidation sites excluding steroid dienone is 8. The van der Waals surface area contributed by atoms with Gasteiger partial charge in [0, 0.05) is 19.4 Å². The van der Waals surface area contributed by atoms with E-state index in [0.29, 0.717) is 19.4 Å². The first-order chi connectivity index (χ1) is 32.6. The second kappa shape index (κ2) is 57.2. The third-order valence-electron chi connectivity index (χ3n) is 12.8. The molecular formula is C61H112O5. The second-order valence-corrected chi connectivity index (χ2v) is 19.5. The summed E-state index contributed by atoms with van der Waals surface area (Å²) >= 11 is 0. The van der Waals surface area contributed by atoms with Crippen molar-refractivity contribution in [3.8, 4) is 0 Å². The molecule has 0 heterocycles. The third-order valence-corrected chi connectivity index (χ3v) is 12.8. The fourth-order valence-corrected chi connectivity index (χ4v) is 8.52. The minimum Gasteiger partial charge on any atom is -0.462 e. The molecule has 0 aliphatic heterocycles. The average molecular weight is 926 g/mol. The van der Waals surface area contributed by atoms with Gasteiger partial charge in [0.1, 0.15) is 6.61 Å². The van der Waals surface area contributed by atoms with E-state index in [1.807, 2.05) is 0 Å². The van der Waals surface area contributed by atoms with Crippen molar-refractivity contribution in [2.45, 2.75) is 309 Å². The maximum absolute atomic E-state index is 12.9. The lowest BCUT2D eigenvalue weighted by atomic mass is 10.0. The van der Waals surface area contributed by atoms with Crippen LogP contribution in [0, 0.1) is 0 Å². The number of esters is 2. The molecule has 0 rings (SSSR count). The minimum absolute atomic E-state index is 0.0821. The predicted molar refractivity (Wildman–Crippen MR) is 288 cm³/mol. The summed E-state index contributed by atoms with van der Waals surface area (Å²) in [7, 11) is 0. The number of rotatable bonds is 54. The number of hydrogen-bond acceptors (Lipinski definition) is 5. The first-order valence-corrected chi connectivity index (χ1v) is 29.2. The summed E-state index contributed by atoms with van der Waals surface area (Å²) in [6.07, 6.45) is 71.3. The molecule has 0 saturated carbocycles. The van der Waals surface area contributed by atoms with Gasteiger partial charge in [0.05, 0.1) is 6.61 Å². The average Bonchev–Trinajstić information content (AvgIpc) is 3.32. The van der Waals surface area contributed by atoms with Crippen LogP contribution in [-0.4, -0.2) is 37.9 Å². The molecule has 0 radical (unpaired) electrons. The van der Waals surface area contributed by atoms with Gasteiger partial charge in [-0.3, -0.25) is 9.59 Å². The van der Waals surface area contributed by atoms with E-state index < -0.39 is 6.10 Å². The van der Waals surface area contributed by atoms with E-state index in [-0.39, 0.29) is 25.2 Å². The second-order valence-electron chi connectivity index (χ2n) is 19.5. The van der Waals surface area contributed by atoms with Crippen molar-refractivity contribution in [1.82, 2.24) is 0 Å². The zero-order valence-corrected chi connectivity index (χ0v) is 44.5. The molecule has 1 atom stereocenters. The van der Waals surface area contributed by atoms with Gasteiger partial charge in [0.25, 0.3) is 0 Å². The van der Waals surface area contributed by atoms with E-state index >= 15 is 0 Å². The lowest BCUT2D eigenvalue weighted by molar-refractivity contribution is -0.163. The zero-order chi connectivity index (χ0) is 47.7. The van der Waals surface area contributed by atoms with Crippen LogP contribution in [0.3, 0.4) is 0 Å². The van der Waals surface area contributed by atoms with Crippen molar-refractivity contribution in [3.63, 3.8) is 0 Å². The smallest absolute Gasteiger partial charge is 0.306 e. The Hall–Kier alpha value is -2.14. The number of carbonyl (C=O) groups is 2. The first kappa shape index (κ1) is 63.9. The number of unbranched alkanes of at least 4 members (excludes halogenated alkanes) is 35. The molecular weight excluding hydrogens is 813 g/mol. The molecule has 0 aromatic heterocycles. The highest BCUT2D eigenvalue weighted by Gasteiger charge is 2.17. The quantitative estimate of drug-likeness (QED) is 0.0345. The van der Waals surface area contributed by atoms with Crippen LogP contribution in [0.5, 0.6) is 0 Å². The molecule has 0 aliphatic rings. The van der Waals surface area contributed by atoms with Crippen LogP contribution in [0.2, 0.25) is 0 Å². The summed E-state index contributed by atoms with van der Waals surface area (Å²) < 4.78 is 17.5. The molecule has 0 N–H and O–H groups in total. The number of carbonyl (C=O) groups excluding carboxylic acids is 2. The Kier molecular flexibility index (Phi) is 55.3. The molecule has 0 spiro atoms. The monoisotopic (exact) mass is 925 g/mol. The Morgan fingerprint density at radius 3 is 1.11 bits per heavy atom. The lowest BCUT2D eigenvalue weighted by Crippen LogP contribution is -2.30. The van der Waals surface area contributed by atoms with Crippen molar-refractivity contribution in [1.29, 1.82) is 0 Å². The van der Waals surface area contributed by atoms with E-state index in [2.05, 4.69) is 69.4 Å². The van der Waals surface area contributed by atoms with Crippen LogP contribution in [0.1, 0.15) is 303 Å². The van der Waals surface area contributed by atoms with E-state index in [9.17, 15) is 9.59 Å². The Bertz CT molecular complexity index is 1090. The molecule has 0 bridgehead atoms. The van der Waals surface area contributed by atoms with Gasteiger partial charge in [-0.2, -0.15) is 0 Å². The molecule has 1 unspecified atom stereocenters. The summed E-state index contributed by atoms with van der Waals surface area (Å²) in [5.41, 5.74) is 0. The number of hydrogen-bond donors (Lipinski definition) is 0. The summed E-state index contributed by atoms with van der Waals surface area (Å²) in [6.45, 7) is 7.76. The van der Waals surface area contributed by atoms with Crippen molar-refractivity contribution in [2.75, 3.05) is 19.8 Å². The summed E-state index contributed by atoms with van der Waals surface area (Å²) in [5, 5.41) is 0. The third kappa shape index (κ3) is 54.5. The summed E-state index contributed by atoms with van der Waals surface area (Å²) in [5.74, 6) is -0.397. The van der Waals surface area contributed by atoms with Crippen LogP contribution >= 0.6 is 0 Å². The minimum atomic E-state index is -0.540. The molecule has 0 aliphatic carbocycles. The topological polar surface area (TPSA) is 61.8 Å². The van der Waals surface area contributed by atoms with Crippen molar-refractivity contribution in [2.24, 2.45) is 0 Å². The highest BCUT2D eigenvalue weighted by atomic mass is 16.6. The van der Waals surface area contributed by atoms with Crippen LogP contribution < -0.4 is 0 Å².